The van der Waals surface area contributed by atoms with Crippen LogP contribution < -0.4 is 16.0 Å². The number of aliphatic imine (C=N–C) groups is 1. The number of guanidine groups is 1. The fourth-order valence-electron chi connectivity index (χ4n) is 2.11. The van der Waals surface area contributed by atoms with Gasteiger partial charge in [0.1, 0.15) is 0 Å². The Morgan fingerprint density at radius 1 is 1.12 bits per heavy atom. The molecule has 0 saturated carbocycles. The summed E-state index contributed by atoms with van der Waals surface area (Å²) in [5, 5.41) is 9.47. The minimum atomic E-state index is 0.477. The fraction of sp³-hybridized carbons (Fsp3) is 0.294. The van der Waals surface area contributed by atoms with Gasteiger partial charge in [0, 0.05) is 25.0 Å². The zero-order valence-electron chi connectivity index (χ0n) is 14.1. The molecule has 0 saturated heterocycles. The van der Waals surface area contributed by atoms with Gasteiger partial charge in [-0.25, -0.2) is 9.97 Å². The number of rotatable bonds is 4. The number of benzene rings is 1. The van der Waals surface area contributed by atoms with Gasteiger partial charge in [0.15, 0.2) is 5.11 Å². The Bertz CT molecular complexity index is 694. The molecule has 1 aromatic heterocycles. The van der Waals surface area contributed by atoms with Crippen molar-refractivity contribution in [3.63, 3.8) is 0 Å². The highest BCUT2D eigenvalue weighted by atomic mass is 32.1. The molecule has 0 fully saturated rings. The molecule has 2 aromatic rings. The van der Waals surface area contributed by atoms with Gasteiger partial charge in [0.25, 0.3) is 0 Å². The quantitative estimate of drug-likeness (QED) is 0.449. The molecule has 0 radical (unpaired) electrons. The van der Waals surface area contributed by atoms with E-state index in [1.54, 1.807) is 7.05 Å². The second-order valence-corrected chi connectivity index (χ2v) is 5.68. The molecule has 0 atom stereocenters. The van der Waals surface area contributed by atoms with Crippen molar-refractivity contribution >= 4 is 29.2 Å². The van der Waals surface area contributed by atoms with E-state index in [2.05, 4.69) is 43.0 Å². The number of hydrogen-bond acceptors (Lipinski definition) is 4. The first kappa shape index (κ1) is 17.8. The van der Waals surface area contributed by atoms with Crippen LogP contribution in [0.3, 0.4) is 0 Å². The third-order valence-corrected chi connectivity index (χ3v) is 3.49. The van der Waals surface area contributed by atoms with Crippen LogP contribution in [0.25, 0.3) is 0 Å². The van der Waals surface area contributed by atoms with E-state index in [4.69, 9.17) is 12.2 Å². The third kappa shape index (κ3) is 5.92. The summed E-state index contributed by atoms with van der Waals surface area (Å²) in [7, 11) is 1.75. The first-order valence-corrected chi connectivity index (χ1v) is 8.14. The monoisotopic (exact) mass is 342 g/mol. The van der Waals surface area contributed by atoms with Crippen molar-refractivity contribution in [2.45, 2.75) is 20.3 Å². The van der Waals surface area contributed by atoms with Crippen molar-refractivity contribution in [1.82, 2.24) is 20.6 Å². The number of aromatic nitrogens is 2. The predicted molar refractivity (Wildman–Crippen MR) is 102 cm³/mol. The molecular weight excluding hydrogens is 320 g/mol. The zero-order chi connectivity index (χ0) is 17.4. The van der Waals surface area contributed by atoms with Gasteiger partial charge in [-0.15, -0.1) is 0 Å². The molecule has 0 aliphatic rings. The summed E-state index contributed by atoms with van der Waals surface area (Å²) in [5.74, 6) is 1.02. The van der Waals surface area contributed by atoms with E-state index in [9.17, 15) is 0 Å². The van der Waals surface area contributed by atoms with Crippen molar-refractivity contribution in [3.8, 4) is 0 Å². The molecule has 0 aliphatic heterocycles. The summed E-state index contributed by atoms with van der Waals surface area (Å²) < 4.78 is 0. The Labute approximate surface area is 147 Å². The summed E-state index contributed by atoms with van der Waals surface area (Å²) in [6.07, 6.45) is 0.841. The maximum atomic E-state index is 5.16. The van der Waals surface area contributed by atoms with Gasteiger partial charge in [-0.2, -0.15) is 0 Å². The standard InChI is InChI=1S/C17H22N6S/c1-12-11-13(2)21-16(20-12)22-15(23-17(24)18-3)19-10-9-14-7-5-4-6-8-14/h4-8,11H,9-10H2,1-3H3,(H3,18,19,20,21,22,23,24). The SMILES string of the molecule is CNC(=S)NC(=NCCc1ccccc1)Nc1nc(C)cc(C)n1. The zero-order valence-corrected chi connectivity index (χ0v) is 14.9. The molecule has 0 amide bonds. The molecule has 24 heavy (non-hydrogen) atoms. The molecular formula is C17H22N6S. The van der Waals surface area contributed by atoms with Gasteiger partial charge in [-0.05, 0) is 44.1 Å². The molecule has 7 heteroatoms. The second-order valence-electron chi connectivity index (χ2n) is 5.27. The van der Waals surface area contributed by atoms with Crippen LogP contribution in [0, 0.1) is 13.8 Å². The molecule has 1 aromatic carbocycles. The highest BCUT2D eigenvalue weighted by molar-refractivity contribution is 7.80. The van der Waals surface area contributed by atoms with Crippen molar-refractivity contribution in [3.05, 3.63) is 53.3 Å². The lowest BCUT2D eigenvalue weighted by molar-refractivity contribution is 0.953. The molecule has 1 heterocycles. The van der Waals surface area contributed by atoms with Crippen molar-refractivity contribution in [2.75, 3.05) is 18.9 Å². The Hall–Kier alpha value is -2.54. The van der Waals surface area contributed by atoms with E-state index >= 15 is 0 Å². The van der Waals surface area contributed by atoms with E-state index in [0.717, 1.165) is 17.8 Å². The first-order chi connectivity index (χ1) is 11.6. The van der Waals surface area contributed by atoms with Crippen molar-refractivity contribution in [2.24, 2.45) is 4.99 Å². The van der Waals surface area contributed by atoms with Gasteiger partial charge in [-0.1, -0.05) is 30.3 Å². The van der Waals surface area contributed by atoms with E-state index in [1.165, 1.54) is 5.56 Å². The molecule has 0 aliphatic carbocycles. The third-order valence-electron chi connectivity index (χ3n) is 3.18. The Morgan fingerprint density at radius 3 is 2.42 bits per heavy atom. The summed E-state index contributed by atoms with van der Waals surface area (Å²) >= 11 is 5.16. The van der Waals surface area contributed by atoms with Gasteiger partial charge in [0.05, 0.1) is 0 Å². The van der Waals surface area contributed by atoms with E-state index < -0.39 is 0 Å². The Morgan fingerprint density at radius 2 is 1.79 bits per heavy atom. The average Bonchev–Trinajstić information content (AvgIpc) is 2.54. The van der Waals surface area contributed by atoms with Crippen LogP contribution in [0.1, 0.15) is 17.0 Å². The summed E-state index contributed by atoms with van der Waals surface area (Å²) in [4.78, 5) is 13.3. The predicted octanol–water partition coefficient (Wildman–Crippen LogP) is 2.20. The number of hydrogen-bond donors (Lipinski definition) is 3. The molecule has 0 spiro atoms. The number of anilines is 1. The molecule has 3 N–H and O–H groups in total. The van der Waals surface area contributed by atoms with Crippen LogP contribution in [0.4, 0.5) is 5.95 Å². The molecule has 6 nitrogen and oxygen atoms in total. The van der Waals surface area contributed by atoms with Gasteiger partial charge >= 0.3 is 0 Å². The lowest BCUT2D eigenvalue weighted by Gasteiger charge is -2.12. The Kier molecular flexibility index (Phi) is 6.62. The first-order valence-electron chi connectivity index (χ1n) is 7.73. The van der Waals surface area contributed by atoms with Gasteiger partial charge in [-0.3, -0.25) is 10.3 Å². The Balaban J connectivity index is 2.08. The molecule has 0 bridgehead atoms. The molecule has 2 rings (SSSR count). The van der Waals surface area contributed by atoms with Gasteiger partial charge < -0.3 is 10.6 Å². The van der Waals surface area contributed by atoms with Crippen LogP contribution >= 0.6 is 12.2 Å². The van der Waals surface area contributed by atoms with Crippen LogP contribution in [0.2, 0.25) is 0 Å². The molecule has 126 valence electrons. The maximum Gasteiger partial charge on any atom is 0.229 e. The van der Waals surface area contributed by atoms with Crippen LogP contribution in [0.5, 0.6) is 0 Å². The van der Waals surface area contributed by atoms with E-state index in [-0.39, 0.29) is 0 Å². The minimum absolute atomic E-state index is 0.477. The number of nitrogens with one attached hydrogen (secondary N) is 3. The number of aryl methyl sites for hydroxylation is 2. The summed E-state index contributed by atoms with van der Waals surface area (Å²) in [6, 6.07) is 12.1. The van der Waals surface area contributed by atoms with Crippen LogP contribution in [0.15, 0.2) is 41.4 Å². The summed E-state index contributed by atoms with van der Waals surface area (Å²) in [5.41, 5.74) is 3.02. The van der Waals surface area contributed by atoms with Crippen LogP contribution in [-0.2, 0) is 6.42 Å². The van der Waals surface area contributed by atoms with Gasteiger partial charge in [0.2, 0.25) is 11.9 Å². The lowest BCUT2D eigenvalue weighted by Crippen LogP contribution is -2.41. The fourth-order valence-corrected chi connectivity index (χ4v) is 2.21. The summed E-state index contributed by atoms with van der Waals surface area (Å²) in [6.45, 7) is 4.48. The van der Waals surface area contributed by atoms with Crippen molar-refractivity contribution in [1.29, 1.82) is 0 Å². The smallest absolute Gasteiger partial charge is 0.229 e. The van der Waals surface area contributed by atoms with Crippen molar-refractivity contribution < 1.29 is 0 Å². The highest BCUT2D eigenvalue weighted by Crippen LogP contribution is 2.04. The number of nitrogens with zero attached hydrogens (tertiary/aromatic N) is 3. The van der Waals surface area contributed by atoms with Crippen LogP contribution in [-0.4, -0.2) is 34.6 Å². The topological polar surface area (TPSA) is 74.2 Å². The lowest BCUT2D eigenvalue weighted by atomic mass is 10.2. The van der Waals surface area contributed by atoms with E-state index in [0.29, 0.717) is 23.6 Å². The highest BCUT2D eigenvalue weighted by Gasteiger charge is 2.06. The van der Waals surface area contributed by atoms with E-state index in [1.807, 2.05) is 38.1 Å². The normalized spacial score (nSPS) is 11.0. The average molecular weight is 342 g/mol. The number of thiocarbonyl (C=S) groups is 1. The maximum absolute atomic E-state index is 5.16. The molecule has 0 unspecified atom stereocenters. The minimum Gasteiger partial charge on any atom is -0.365 e. The largest absolute Gasteiger partial charge is 0.365 e. The second kappa shape index (κ2) is 8.93.